The molecule has 30 heavy (non-hydrogen) atoms. The fourth-order valence-corrected chi connectivity index (χ4v) is 4.06. The van der Waals surface area contributed by atoms with Crippen molar-refractivity contribution in [3.05, 3.63) is 90.5 Å². The molecule has 0 spiro atoms. The molecule has 0 aliphatic carbocycles. The lowest BCUT2D eigenvalue weighted by Gasteiger charge is -2.20. The molecule has 6 nitrogen and oxygen atoms in total. The van der Waals surface area contributed by atoms with Crippen molar-refractivity contribution in [2.75, 3.05) is 18.0 Å². The molecule has 1 N–H and O–H groups in total. The highest BCUT2D eigenvalue weighted by atomic mass is 32.2. The molecule has 3 aromatic rings. The molecule has 0 saturated carbocycles. The van der Waals surface area contributed by atoms with Crippen molar-refractivity contribution in [3.8, 4) is 5.75 Å². The summed E-state index contributed by atoms with van der Waals surface area (Å²) in [6, 6.07) is 23.8. The van der Waals surface area contributed by atoms with E-state index in [2.05, 4.69) is 5.32 Å². The van der Waals surface area contributed by atoms with Crippen molar-refractivity contribution in [2.45, 2.75) is 17.9 Å². The highest BCUT2D eigenvalue weighted by Crippen LogP contribution is 2.22. The number of nitrogens with one attached hydrogen (secondary N) is 1. The summed E-state index contributed by atoms with van der Waals surface area (Å²) in [7, 11) is -2.31. The minimum Gasteiger partial charge on any atom is -0.491 e. The van der Waals surface area contributed by atoms with Crippen molar-refractivity contribution < 1.29 is 17.9 Å². The summed E-state index contributed by atoms with van der Waals surface area (Å²) in [4.78, 5) is 12.7. The van der Waals surface area contributed by atoms with Gasteiger partial charge in [-0.15, -0.1) is 0 Å². The first-order chi connectivity index (χ1) is 14.4. The van der Waals surface area contributed by atoms with Crippen LogP contribution >= 0.6 is 0 Å². The van der Waals surface area contributed by atoms with Gasteiger partial charge in [0.2, 0.25) is 0 Å². The number of amides is 1. The molecule has 0 fully saturated rings. The van der Waals surface area contributed by atoms with Crippen LogP contribution in [0.1, 0.15) is 17.3 Å². The van der Waals surface area contributed by atoms with Crippen LogP contribution in [0.4, 0.5) is 5.69 Å². The Hall–Kier alpha value is -3.32. The summed E-state index contributed by atoms with van der Waals surface area (Å²) in [5.74, 6) is 0.356. The van der Waals surface area contributed by atoms with Gasteiger partial charge in [0.05, 0.1) is 16.6 Å². The van der Waals surface area contributed by atoms with Crippen LogP contribution in [0.5, 0.6) is 5.75 Å². The third-order valence-corrected chi connectivity index (χ3v) is 6.28. The van der Waals surface area contributed by atoms with E-state index in [1.54, 1.807) is 36.4 Å². The first-order valence-corrected chi connectivity index (χ1v) is 10.9. The zero-order valence-electron chi connectivity index (χ0n) is 16.9. The molecule has 7 heteroatoms. The average molecular weight is 425 g/mol. The van der Waals surface area contributed by atoms with Crippen LogP contribution in [0.3, 0.4) is 0 Å². The van der Waals surface area contributed by atoms with E-state index >= 15 is 0 Å². The van der Waals surface area contributed by atoms with Crippen LogP contribution in [0.2, 0.25) is 0 Å². The van der Waals surface area contributed by atoms with Crippen LogP contribution in [-0.4, -0.2) is 34.0 Å². The van der Waals surface area contributed by atoms with Gasteiger partial charge >= 0.3 is 0 Å². The lowest BCUT2D eigenvalue weighted by atomic mass is 10.2. The highest BCUT2D eigenvalue weighted by Gasteiger charge is 2.22. The molecule has 0 aromatic heterocycles. The number of para-hydroxylation sites is 2. The lowest BCUT2D eigenvalue weighted by molar-refractivity contribution is 0.0926. The predicted octanol–water partition coefficient (Wildman–Crippen LogP) is 3.71. The van der Waals surface area contributed by atoms with E-state index in [1.165, 1.54) is 23.5 Å². The van der Waals surface area contributed by atoms with Gasteiger partial charge in [0.1, 0.15) is 12.4 Å². The molecule has 1 atom stereocenters. The number of hydrogen-bond acceptors (Lipinski definition) is 4. The van der Waals surface area contributed by atoms with E-state index in [9.17, 15) is 13.2 Å². The molecule has 1 amide bonds. The maximum Gasteiger partial charge on any atom is 0.264 e. The number of carbonyl (C=O) groups excluding carboxylic acids is 1. The number of ether oxygens (including phenoxy) is 1. The topological polar surface area (TPSA) is 75.7 Å². The quantitative estimate of drug-likeness (QED) is 0.598. The maximum absolute atomic E-state index is 13.0. The molecule has 0 aliphatic heterocycles. The lowest BCUT2D eigenvalue weighted by Crippen LogP contribution is -2.37. The van der Waals surface area contributed by atoms with Gasteiger partial charge in [0.25, 0.3) is 15.9 Å². The number of anilines is 1. The van der Waals surface area contributed by atoms with E-state index in [4.69, 9.17) is 4.74 Å². The van der Waals surface area contributed by atoms with E-state index in [-0.39, 0.29) is 22.4 Å². The Bertz CT molecular complexity index is 1090. The number of hydrogen-bond donors (Lipinski definition) is 1. The van der Waals surface area contributed by atoms with Crippen LogP contribution < -0.4 is 14.4 Å². The number of carbonyl (C=O) groups is 1. The average Bonchev–Trinajstić information content (AvgIpc) is 2.78. The van der Waals surface area contributed by atoms with Gasteiger partial charge in [-0.2, -0.15) is 0 Å². The van der Waals surface area contributed by atoms with E-state index < -0.39 is 10.0 Å². The SMILES string of the molecule is C[C@H](COc1ccccc1)NC(=O)c1cccc(S(=O)(=O)N(C)c2ccccc2)c1. The van der Waals surface area contributed by atoms with Crippen molar-refractivity contribution in [3.63, 3.8) is 0 Å². The molecule has 3 rings (SSSR count). The van der Waals surface area contributed by atoms with E-state index in [0.29, 0.717) is 12.3 Å². The Morgan fingerprint density at radius 3 is 2.27 bits per heavy atom. The monoisotopic (exact) mass is 424 g/mol. The predicted molar refractivity (Wildman–Crippen MR) is 117 cm³/mol. The van der Waals surface area contributed by atoms with Gasteiger partial charge in [0.15, 0.2) is 0 Å². The Morgan fingerprint density at radius 2 is 1.60 bits per heavy atom. The normalized spacial score (nSPS) is 12.1. The Balaban J connectivity index is 1.69. The number of benzene rings is 3. The Morgan fingerprint density at radius 1 is 0.967 bits per heavy atom. The zero-order chi connectivity index (χ0) is 21.6. The molecule has 0 unspecified atom stereocenters. The Labute approximate surface area is 177 Å². The smallest absolute Gasteiger partial charge is 0.264 e. The third-order valence-electron chi connectivity index (χ3n) is 4.50. The molecule has 0 bridgehead atoms. The second-order valence-corrected chi connectivity index (χ2v) is 8.80. The second-order valence-electron chi connectivity index (χ2n) is 6.83. The van der Waals surface area contributed by atoms with E-state index in [0.717, 1.165) is 5.75 Å². The summed E-state index contributed by atoms with van der Waals surface area (Å²) in [6.45, 7) is 2.12. The second kappa shape index (κ2) is 9.45. The summed E-state index contributed by atoms with van der Waals surface area (Å²) in [5, 5.41) is 2.83. The van der Waals surface area contributed by atoms with Crippen molar-refractivity contribution >= 4 is 21.6 Å². The van der Waals surface area contributed by atoms with Crippen LogP contribution in [-0.2, 0) is 10.0 Å². The first-order valence-electron chi connectivity index (χ1n) is 9.50. The number of sulfonamides is 1. The summed E-state index contributed by atoms with van der Waals surface area (Å²) in [5.41, 5.74) is 0.808. The van der Waals surface area contributed by atoms with Crippen LogP contribution in [0.15, 0.2) is 89.8 Å². The molecular formula is C23H24N2O4S. The molecule has 0 heterocycles. The highest BCUT2D eigenvalue weighted by molar-refractivity contribution is 7.92. The minimum absolute atomic E-state index is 0.0506. The maximum atomic E-state index is 13.0. The minimum atomic E-state index is -3.79. The fourth-order valence-electron chi connectivity index (χ4n) is 2.82. The van der Waals surface area contributed by atoms with Crippen LogP contribution in [0, 0.1) is 0 Å². The van der Waals surface area contributed by atoms with Gasteiger partial charge in [-0.05, 0) is 49.4 Å². The molecule has 0 radical (unpaired) electrons. The first kappa shape index (κ1) is 21.4. The molecule has 0 saturated heterocycles. The van der Waals surface area contributed by atoms with Gasteiger partial charge in [-0.25, -0.2) is 8.42 Å². The summed E-state index contributed by atoms with van der Waals surface area (Å²) >= 11 is 0. The van der Waals surface area contributed by atoms with Crippen molar-refractivity contribution in [1.82, 2.24) is 5.32 Å². The van der Waals surface area contributed by atoms with Gasteiger partial charge < -0.3 is 10.1 Å². The van der Waals surface area contributed by atoms with Gasteiger partial charge in [-0.3, -0.25) is 9.10 Å². The zero-order valence-corrected chi connectivity index (χ0v) is 17.7. The summed E-state index contributed by atoms with van der Waals surface area (Å²) in [6.07, 6.45) is 0. The fraction of sp³-hybridized carbons (Fsp3) is 0.174. The van der Waals surface area contributed by atoms with Crippen molar-refractivity contribution in [1.29, 1.82) is 0 Å². The number of nitrogens with zero attached hydrogens (tertiary/aromatic N) is 1. The third kappa shape index (κ3) is 5.18. The van der Waals surface area contributed by atoms with E-state index in [1.807, 2.05) is 43.3 Å². The van der Waals surface area contributed by atoms with Crippen LogP contribution in [0.25, 0.3) is 0 Å². The van der Waals surface area contributed by atoms with Gasteiger partial charge in [0, 0.05) is 12.6 Å². The molecule has 0 aliphatic rings. The summed E-state index contributed by atoms with van der Waals surface area (Å²) < 4.78 is 32.8. The molecular weight excluding hydrogens is 400 g/mol. The number of rotatable bonds is 8. The largest absolute Gasteiger partial charge is 0.491 e. The molecule has 156 valence electrons. The van der Waals surface area contributed by atoms with Crippen molar-refractivity contribution in [2.24, 2.45) is 0 Å². The standard InChI is InChI=1S/C23H24N2O4S/c1-18(17-29-21-13-7-4-8-14-21)24-23(26)19-10-9-15-22(16-19)30(27,28)25(2)20-11-5-3-6-12-20/h3-16,18H,17H2,1-2H3,(H,24,26)/t18-/m1/s1. The Kier molecular flexibility index (Phi) is 6.74. The van der Waals surface area contributed by atoms with Gasteiger partial charge in [-0.1, -0.05) is 42.5 Å². The molecule has 3 aromatic carbocycles.